The smallest absolute Gasteiger partial charge is 0.200 e. The molecule has 0 saturated carbocycles. The lowest BCUT2D eigenvalue weighted by Gasteiger charge is -2.30. The number of benzene rings is 1. The molecule has 5 unspecified atom stereocenters. The van der Waals surface area contributed by atoms with Crippen molar-refractivity contribution in [1.82, 2.24) is 0 Å². The molecule has 0 aliphatic carbocycles. The standard InChI is InChI=1S/C25H35F3O3/c1-3-5-19-9-7-17(15-30-19)21-11-12-23(25(28)24(21)27)29-14-13-22(26)18-8-10-20(6-4-2)31-16-18/h3,5,11-12,17-20,22H,4,6-10,13-16H2,1-2H3. The molecule has 0 aromatic heterocycles. The summed E-state index contributed by atoms with van der Waals surface area (Å²) in [4.78, 5) is 0. The van der Waals surface area contributed by atoms with Crippen molar-refractivity contribution in [2.75, 3.05) is 19.8 Å². The van der Waals surface area contributed by atoms with E-state index in [9.17, 15) is 13.2 Å². The van der Waals surface area contributed by atoms with Gasteiger partial charge in [-0.3, -0.25) is 0 Å². The second-order valence-electron chi connectivity index (χ2n) is 8.69. The van der Waals surface area contributed by atoms with Crippen molar-refractivity contribution in [2.45, 2.75) is 83.1 Å². The molecule has 1 aromatic carbocycles. The van der Waals surface area contributed by atoms with Crippen LogP contribution in [0.5, 0.6) is 5.75 Å². The van der Waals surface area contributed by atoms with Gasteiger partial charge in [0.1, 0.15) is 6.17 Å². The Kier molecular flexibility index (Phi) is 9.27. The molecule has 174 valence electrons. The van der Waals surface area contributed by atoms with Gasteiger partial charge in [-0.15, -0.1) is 0 Å². The first kappa shape index (κ1) is 24.1. The number of rotatable bonds is 9. The largest absolute Gasteiger partial charge is 0.490 e. The Morgan fingerprint density at radius 2 is 1.94 bits per heavy atom. The first-order chi connectivity index (χ1) is 15.0. The van der Waals surface area contributed by atoms with E-state index in [0.29, 0.717) is 18.8 Å². The molecule has 0 N–H and O–H groups in total. The summed E-state index contributed by atoms with van der Waals surface area (Å²) in [6.07, 6.45) is 8.51. The summed E-state index contributed by atoms with van der Waals surface area (Å²) in [5, 5.41) is 0. The van der Waals surface area contributed by atoms with Crippen LogP contribution < -0.4 is 4.74 Å². The minimum Gasteiger partial charge on any atom is -0.490 e. The molecule has 3 rings (SSSR count). The average molecular weight is 441 g/mol. The summed E-state index contributed by atoms with van der Waals surface area (Å²) in [7, 11) is 0. The van der Waals surface area contributed by atoms with Gasteiger partial charge >= 0.3 is 0 Å². The minimum absolute atomic E-state index is 0.00331. The summed E-state index contributed by atoms with van der Waals surface area (Å²) in [6.45, 7) is 4.83. The third-order valence-electron chi connectivity index (χ3n) is 6.41. The quantitative estimate of drug-likeness (QED) is 0.410. The molecule has 0 spiro atoms. The van der Waals surface area contributed by atoms with Crippen LogP contribution in [0.3, 0.4) is 0 Å². The summed E-state index contributed by atoms with van der Waals surface area (Å²) in [5.74, 6) is -2.40. The Hall–Kier alpha value is -1.53. The Bertz CT molecular complexity index is 708. The Labute approximate surface area is 184 Å². The molecule has 2 saturated heterocycles. The van der Waals surface area contributed by atoms with Gasteiger partial charge in [-0.1, -0.05) is 31.6 Å². The minimum atomic E-state index is -1.07. The fraction of sp³-hybridized carbons (Fsp3) is 0.680. The zero-order valence-electron chi connectivity index (χ0n) is 18.6. The van der Waals surface area contributed by atoms with Gasteiger partial charge < -0.3 is 14.2 Å². The van der Waals surface area contributed by atoms with E-state index in [2.05, 4.69) is 6.92 Å². The number of alkyl halides is 1. The maximum atomic E-state index is 14.7. The number of hydrogen-bond acceptors (Lipinski definition) is 3. The van der Waals surface area contributed by atoms with Crippen LogP contribution in [-0.2, 0) is 9.47 Å². The average Bonchev–Trinajstić information content (AvgIpc) is 2.78. The van der Waals surface area contributed by atoms with Gasteiger partial charge in [0.05, 0.1) is 32.0 Å². The van der Waals surface area contributed by atoms with Gasteiger partial charge in [-0.25, -0.2) is 8.78 Å². The molecule has 1 aromatic rings. The molecule has 2 aliphatic rings. The first-order valence-corrected chi connectivity index (χ1v) is 11.6. The Morgan fingerprint density at radius 1 is 1.10 bits per heavy atom. The van der Waals surface area contributed by atoms with Crippen LogP contribution in [0, 0.1) is 17.6 Å². The van der Waals surface area contributed by atoms with E-state index < -0.39 is 17.8 Å². The maximum Gasteiger partial charge on any atom is 0.200 e. The van der Waals surface area contributed by atoms with Crippen molar-refractivity contribution in [2.24, 2.45) is 5.92 Å². The number of allylic oxidation sites excluding steroid dienone is 1. The van der Waals surface area contributed by atoms with Gasteiger partial charge in [-0.2, -0.15) is 4.39 Å². The van der Waals surface area contributed by atoms with Crippen LogP contribution in [0.2, 0.25) is 0 Å². The number of hydrogen-bond donors (Lipinski definition) is 0. The van der Waals surface area contributed by atoms with Crippen molar-refractivity contribution in [1.29, 1.82) is 0 Å². The van der Waals surface area contributed by atoms with Gasteiger partial charge in [0.25, 0.3) is 0 Å². The van der Waals surface area contributed by atoms with Crippen LogP contribution in [-0.4, -0.2) is 38.2 Å². The molecule has 0 radical (unpaired) electrons. The molecule has 31 heavy (non-hydrogen) atoms. The molecule has 0 amide bonds. The van der Waals surface area contributed by atoms with Crippen LogP contribution in [0.25, 0.3) is 0 Å². The highest BCUT2D eigenvalue weighted by Gasteiger charge is 2.29. The van der Waals surface area contributed by atoms with E-state index in [0.717, 1.165) is 38.5 Å². The number of halogens is 3. The van der Waals surface area contributed by atoms with E-state index in [-0.39, 0.29) is 42.8 Å². The molecular formula is C25H35F3O3. The molecule has 0 bridgehead atoms. The molecule has 2 aliphatic heterocycles. The highest BCUT2D eigenvalue weighted by Crippen LogP contribution is 2.34. The zero-order chi connectivity index (χ0) is 22.2. The summed E-state index contributed by atoms with van der Waals surface area (Å²) >= 11 is 0. The molecule has 2 fully saturated rings. The predicted molar refractivity (Wildman–Crippen MR) is 115 cm³/mol. The molecule has 2 heterocycles. The van der Waals surface area contributed by atoms with Crippen LogP contribution in [0.1, 0.15) is 70.3 Å². The van der Waals surface area contributed by atoms with Gasteiger partial charge in [0, 0.05) is 18.3 Å². The second kappa shape index (κ2) is 11.9. The Balaban J connectivity index is 1.47. The normalized spacial score (nSPS) is 28.0. The van der Waals surface area contributed by atoms with E-state index in [1.54, 1.807) is 6.07 Å². The van der Waals surface area contributed by atoms with Crippen LogP contribution in [0.15, 0.2) is 24.3 Å². The third-order valence-corrected chi connectivity index (χ3v) is 6.41. The SMILES string of the molecule is CC=CC1CCC(c2ccc(OCCC(F)C3CCC(CCC)OC3)c(F)c2F)CO1. The highest BCUT2D eigenvalue weighted by atomic mass is 19.2. The van der Waals surface area contributed by atoms with Crippen molar-refractivity contribution < 1.29 is 27.4 Å². The molecule has 5 atom stereocenters. The predicted octanol–water partition coefficient (Wildman–Crippen LogP) is 6.51. The molecule has 6 heteroatoms. The monoisotopic (exact) mass is 440 g/mol. The lowest BCUT2D eigenvalue weighted by Crippen LogP contribution is -2.32. The summed E-state index contributed by atoms with van der Waals surface area (Å²) in [6, 6.07) is 3.01. The molecule has 3 nitrogen and oxygen atoms in total. The van der Waals surface area contributed by atoms with Crippen molar-refractivity contribution in [3.05, 3.63) is 41.5 Å². The van der Waals surface area contributed by atoms with Gasteiger partial charge in [0.2, 0.25) is 5.82 Å². The van der Waals surface area contributed by atoms with Gasteiger partial charge in [0.15, 0.2) is 11.6 Å². The first-order valence-electron chi connectivity index (χ1n) is 11.6. The van der Waals surface area contributed by atoms with Crippen LogP contribution >= 0.6 is 0 Å². The topological polar surface area (TPSA) is 27.7 Å². The molecular weight excluding hydrogens is 405 g/mol. The second-order valence-corrected chi connectivity index (χ2v) is 8.69. The van der Waals surface area contributed by atoms with Crippen molar-refractivity contribution in [3.63, 3.8) is 0 Å². The van der Waals surface area contributed by atoms with E-state index in [4.69, 9.17) is 14.2 Å². The lowest BCUT2D eigenvalue weighted by atomic mass is 9.90. The van der Waals surface area contributed by atoms with Crippen molar-refractivity contribution >= 4 is 0 Å². The van der Waals surface area contributed by atoms with Gasteiger partial charge in [-0.05, 0) is 50.7 Å². The lowest BCUT2D eigenvalue weighted by molar-refractivity contribution is -0.0433. The maximum absolute atomic E-state index is 14.7. The summed E-state index contributed by atoms with van der Waals surface area (Å²) < 4.78 is 60.6. The van der Waals surface area contributed by atoms with Crippen LogP contribution in [0.4, 0.5) is 13.2 Å². The zero-order valence-corrected chi connectivity index (χ0v) is 18.6. The van der Waals surface area contributed by atoms with E-state index in [1.807, 2.05) is 19.1 Å². The summed E-state index contributed by atoms with van der Waals surface area (Å²) in [5.41, 5.74) is 0.313. The van der Waals surface area contributed by atoms with Crippen molar-refractivity contribution in [3.8, 4) is 5.75 Å². The van der Waals surface area contributed by atoms with E-state index in [1.165, 1.54) is 6.07 Å². The fourth-order valence-corrected chi connectivity index (χ4v) is 4.54. The highest BCUT2D eigenvalue weighted by molar-refractivity contribution is 5.33. The van der Waals surface area contributed by atoms with E-state index >= 15 is 0 Å². The third kappa shape index (κ3) is 6.48. The number of ether oxygens (including phenoxy) is 3. The Morgan fingerprint density at radius 3 is 2.58 bits per heavy atom. The fourth-order valence-electron chi connectivity index (χ4n) is 4.54.